The van der Waals surface area contributed by atoms with Crippen LogP contribution < -0.4 is 15.4 Å². The summed E-state index contributed by atoms with van der Waals surface area (Å²) in [4.78, 5) is 39.9. The maximum Gasteiger partial charge on any atom is 0.251 e. The van der Waals surface area contributed by atoms with Gasteiger partial charge in [0.15, 0.2) is 5.78 Å². The normalized spacial score (nSPS) is 21.9. The van der Waals surface area contributed by atoms with Crippen molar-refractivity contribution >= 4 is 39.3 Å². The Morgan fingerprint density at radius 1 is 1.13 bits per heavy atom. The fourth-order valence-electron chi connectivity index (χ4n) is 5.39. The first-order valence-electron chi connectivity index (χ1n) is 13.6. The van der Waals surface area contributed by atoms with Crippen LogP contribution in [0.5, 0.6) is 0 Å². The quantitative estimate of drug-likeness (QED) is 0.349. The summed E-state index contributed by atoms with van der Waals surface area (Å²) in [6.45, 7) is 6.01. The smallest absolute Gasteiger partial charge is 0.251 e. The summed E-state index contributed by atoms with van der Waals surface area (Å²) < 4.78 is 22.2. The van der Waals surface area contributed by atoms with Gasteiger partial charge in [-0.3, -0.25) is 14.4 Å². The van der Waals surface area contributed by atoms with E-state index in [1.807, 2.05) is 31.3 Å². The van der Waals surface area contributed by atoms with Gasteiger partial charge in [-0.05, 0) is 91.9 Å². The molecule has 7 nitrogen and oxygen atoms in total. The molecule has 2 aromatic rings. The molecule has 1 unspecified atom stereocenters. The Bertz CT molecular complexity index is 1210. The summed E-state index contributed by atoms with van der Waals surface area (Å²) in [5.41, 5.74) is 1.20. The number of carbonyl (C=O) groups excluding carboxylic acids is 3. The highest BCUT2D eigenvalue weighted by atomic mass is 32.2. The predicted octanol–water partition coefficient (Wildman–Crippen LogP) is 5.23. The van der Waals surface area contributed by atoms with Crippen LogP contribution in [0.1, 0.15) is 69.7 Å². The van der Waals surface area contributed by atoms with Crippen molar-refractivity contribution in [2.24, 2.45) is 5.41 Å². The average molecular weight is 556 g/mol. The minimum atomic E-state index is -0.761. The number of nitrogens with one attached hydrogen (secondary N) is 3. The number of carbonyl (C=O) groups is 3. The molecule has 0 radical (unpaired) electrons. The first-order valence-corrected chi connectivity index (χ1v) is 14.9. The Morgan fingerprint density at radius 2 is 1.79 bits per heavy atom. The number of benzene rings is 2. The molecule has 2 aliphatic rings. The number of rotatable bonds is 10. The lowest BCUT2D eigenvalue weighted by Crippen LogP contribution is -2.54. The summed E-state index contributed by atoms with van der Waals surface area (Å²) in [7, 11) is -0.437. The molecule has 2 amide bonds. The largest absolute Gasteiger partial charge is 0.368 e. The van der Waals surface area contributed by atoms with Crippen LogP contribution in [0.25, 0.3) is 0 Å². The maximum absolute atomic E-state index is 13.4. The molecule has 1 saturated carbocycles. The third kappa shape index (κ3) is 7.33. The van der Waals surface area contributed by atoms with Crippen LogP contribution in [0, 0.1) is 11.2 Å². The van der Waals surface area contributed by atoms with Crippen LogP contribution in [0.2, 0.25) is 0 Å². The zero-order chi connectivity index (χ0) is 28.0. The predicted molar refractivity (Wildman–Crippen MR) is 153 cm³/mol. The summed E-state index contributed by atoms with van der Waals surface area (Å²) >= 11 is 0. The number of anilines is 1. The lowest BCUT2D eigenvalue weighted by Gasteiger charge is -2.30. The average Bonchev–Trinajstić information content (AvgIpc) is 3.52. The van der Waals surface area contributed by atoms with Crippen LogP contribution in [0.3, 0.4) is 0 Å². The van der Waals surface area contributed by atoms with Crippen LogP contribution >= 0.6 is 10.7 Å². The molecule has 3 N–H and O–H groups in total. The van der Waals surface area contributed by atoms with Gasteiger partial charge in [-0.1, -0.05) is 37.4 Å². The SMILES string of the molecule is C/C=S(/Nc1ccc(C(=O)N[C@@H](CC2(C)CCCC2)C(=O)N[C@@H]2C(=O)CO[C@H]2CC)cc1)c1ccc(F)cc1. The van der Waals surface area contributed by atoms with Crippen LogP contribution in [-0.2, 0) is 14.3 Å². The molecule has 0 bridgehead atoms. The fraction of sp³-hybridized carbons (Fsp3) is 0.467. The number of amides is 2. The van der Waals surface area contributed by atoms with Crippen LogP contribution in [0.15, 0.2) is 53.4 Å². The van der Waals surface area contributed by atoms with Crippen molar-refractivity contribution in [1.29, 1.82) is 0 Å². The van der Waals surface area contributed by atoms with E-state index in [4.69, 9.17) is 4.74 Å². The third-order valence-electron chi connectivity index (χ3n) is 7.67. The fourth-order valence-corrected chi connectivity index (χ4v) is 6.72. The second-order valence-corrected chi connectivity index (χ2v) is 12.5. The minimum Gasteiger partial charge on any atom is -0.368 e. The molecule has 1 aliphatic carbocycles. The van der Waals surface area contributed by atoms with Gasteiger partial charge in [0, 0.05) is 16.1 Å². The summed E-state index contributed by atoms with van der Waals surface area (Å²) in [6, 6.07) is 12.0. The van der Waals surface area contributed by atoms with E-state index in [1.165, 1.54) is 12.1 Å². The van der Waals surface area contributed by atoms with Crippen molar-refractivity contribution in [2.75, 3.05) is 11.3 Å². The van der Waals surface area contributed by atoms with Crippen molar-refractivity contribution < 1.29 is 23.5 Å². The Balaban J connectivity index is 1.45. The molecule has 1 saturated heterocycles. The molecule has 0 aromatic heterocycles. The van der Waals surface area contributed by atoms with Gasteiger partial charge >= 0.3 is 0 Å². The van der Waals surface area contributed by atoms with Crippen molar-refractivity contribution in [3.63, 3.8) is 0 Å². The number of hydrogen-bond donors (Lipinski definition) is 3. The van der Waals surface area contributed by atoms with Crippen LogP contribution in [-0.4, -0.2) is 47.8 Å². The van der Waals surface area contributed by atoms with E-state index >= 15 is 0 Å². The van der Waals surface area contributed by atoms with E-state index in [0.29, 0.717) is 18.4 Å². The highest BCUT2D eigenvalue weighted by Gasteiger charge is 2.39. The van der Waals surface area contributed by atoms with Gasteiger partial charge in [0.25, 0.3) is 5.91 Å². The third-order valence-corrected chi connectivity index (χ3v) is 9.37. The maximum atomic E-state index is 13.4. The molecule has 210 valence electrons. The van der Waals surface area contributed by atoms with Gasteiger partial charge in [0.1, 0.15) is 24.5 Å². The highest BCUT2D eigenvalue weighted by molar-refractivity contribution is 8.16. The van der Waals surface area contributed by atoms with Crippen molar-refractivity contribution in [3.8, 4) is 0 Å². The topological polar surface area (TPSA) is 96.5 Å². The minimum absolute atomic E-state index is 0.00302. The van der Waals surface area contributed by atoms with Gasteiger partial charge in [0.2, 0.25) is 5.91 Å². The molecule has 2 aromatic carbocycles. The molecule has 1 aliphatic heterocycles. The van der Waals surface area contributed by atoms with Crippen molar-refractivity contribution in [2.45, 2.75) is 82.4 Å². The number of ether oxygens (including phenoxy) is 1. The van der Waals surface area contributed by atoms with E-state index in [1.54, 1.807) is 24.3 Å². The second-order valence-electron chi connectivity index (χ2n) is 10.7. The van der Waals surface area contributed by atoms with Gasteiger partial charge in [-0.25, -0.2) is 4.39 Å². The van der Waals surface area contributed by atoms with Crippen LogP contribution in [0.4, 0.5) is 10.1 Å². The van der Waals surface area contributed by atoms with Gasteiger partial charge in [-0.15, -0.1) is 0 Å². The van der Waals surface area contributed by atoms with Gasteiger partial charge in [-0.2, -0.15) is 0 Å². The zero-order valence-corrected chi connectivity index (χ0v) is 23.6. The Kier molecular flexibility index (Phi) is 9.56. The van der Waals surface area contributed by atoms with Gasteiger partial charge in [0.05, 0.1) is 6.10 Å². The Hall–Kier alpha value is -3.04. The molecule has 4 atom stereocenters. The van der Waals surface area contributed by atoms with E-state index in [0.717, 1.165) is 36.3 Å². The molecule has 4 rings (SSSR count). The molecular weight excluding hydrogens is 517 g/mol. The van der Waals surface area contributed by atoms with Crippen molar-refractivity contribution in [3.05, 3.63) is 59.9 Å². The summed E-state index contributed by atoms with van der Waals surface area (Å²) in [5.74, 6) is -1.11. The highest BCUT2D eigenvalue weighted by Crippen LogP contribution is 2.41. The number of Topliss-reactive ketones (excluding diaryl/α,β-unsaturated/α-hetero) is 1. The van der Waals surface area contributed by atoms with Crippen molar-refractivity contribution in [1.82, 2.24) is 10.6 Å². The van der Waals surface area contributed by atoms with E-state index in [2.05, 4.69) is 22.3 Å². The number of hydrogen-bond acceptors (Lipinski definition) is 5. The summed E-state index contributed by atoms with van der Waals surface area (Å²) in [6.07, 6.45) is 4.99. The number of ketones is 1. The number of halogens is 1. The molecule has 39 heavy (non-hydrogen) atoms. The molecule has 0 spiro atoms. The Labute approximate surface area is 232 Å². The monoisotopic (exact) mass is 555 g/mol. The lowest BCUT2D eigenvalue weighted by atomic mass is 9.81. The van der Waals surface area contributed by atoms with E-state index in [9.17, 15) is 18.8 Å². The van der Waals surface area contributed by atoms with Gasteiger partial charge < -0.3 is 20.1 Å². The zero-order valence-electron chi connectivity index (χ0n) is 22.8. The summed E-state index contributed by atoms with van der Waals surface area (Å²) in [5, 5.41) is 7.82. The molecule has 2 fully saturated rings. The lowest BCUT2D eigenvalue weighted by molar-refractivity contribution is -0.128. The van der Waals surface area contributed by atoms with E-state index < -0.39 is 22.8 Å². The second kappa shape index (κ2) is 12.9. The molecule has 9 heteroatoms. The first kappa shape index (κ1) is 29.0. The van der Waals surface area contributed by atoms with E-state index in [-0.39, 0.29) is 41.5 Å². The standard InChI is InChI=1S/C30H38FN3O4S/c1-4-26-27(25(35)19-38-26)33-29(37)24(18-30(3)16-6-7-17-30)32-28(36)20-8-12-22(13-9-20)34-39(5-2)23-14-10-21(31)11-15-23/h5,8-15,24,26-27,34H,4,6-7,16-19H2,1-3H3,(H,32,36)(H,33,37)/t24-,26-,27+,39?/m0/s1. The Morgan fingerprint density at radius 3 is 2.41 bits per heavy atom. The molecule has 1 heterocycles. The first-order chi connectivity index (χ1) is 18.7. The molecular formula is C30H38FN3O4S.